The third-order valence-electron chi connectivity index (χ3n) is 5.98. The number of pyridine rings is 1. The van der Waals surface area contributed by atoms with Crippen molar-refractivity contribution in [2.75, 3.05) is 24.5 Å². The summed E-state index contributed by atoms with van der Waals surface area (Å²) < 4.78 is 0. The Kier molecular flexibility index (Phi) is 5.00. The molecule has 0 radical (unpaired) electrons. The summed E-state index contributed by atoms with van der Waals surface area (Å²) in [6.07, 6.45) is 8.91. The Morgan fingerprint density at radius 1 is 1.23 bits per heavy atom. The number of nitrogens with one attached hydrogen (secondary N) is 1. The van der Waals surface area contributed by atoms with E-state index in [-0.39, 0.29) is 5.91 Å². The normalized spacial score (nSPS) is 23.7. The largest absolute Gasteiger partial charge is 0.356 e. The second-order valence-corrected chi connectivity index (χ2v) is 7.85. The van der Waals surface area contributed by atoms with Gasteiger partial charge in [-0.1, -0.05) is 13.3 Å². The summed E-state index contributed by atoms with van der Waals surface area (Å²) in [6.45, 7) is 5.00. The maximum absolute atomic E-state index is 12.1. The summed E-state index contributed by atoms with van der Waals surface area (Å²) in [5.74, 6) is 2.90. The molecule has 1 N–H and O–H groups in total. The first-order chi connectivity index (χ1) is 12.7. The highest BCUT2D eigenvalue weighted by Crippen LogP contribution is 2.30. The number of amides is 1. The predicted octanol–water partition coefficient (Wildman–Crippen LogP) is 2.79. The number of hydrogen-bond donors (Lipinski definition) is 1. The van der Waals surface area contributed by atoms with Gasteiger partial charge in [-0.25, -0.2) is 9.97 Å². The van der Waals surface area contributed by atoms with E-state index in [1.807, 2.05) is 12.1 Å². The summed E-state index contributed by atoms with van der Waals surface area (Å²) >= 11 is 0. The molecule has 6 heteroatoms. The first-order valence-electron chi connectivity index (χ1n) is 9.78. The number of carbonyl (C=O) groups excluding carboxylic acids is 1. The zero-order valence-corrected chi connectivity index (χ0v) is 15.4. The van der Waals surface area contributed by atoms with Crippen molar-refractivity contribution >= 4 is 22.9 Å². The number of piperidine rings is 1. The lowest BCUT2D eigenvalue weighted by atomic mass is 9.82. The summed E-state index contributed by atoms with van der Waals surface area (Å²) in [7, 11) is 0. The zero-order chi connectivity index (χ0) is 17.9. The highest BCUT2D eigenvalue weighted by atomic mass is 16.1. The molecule has 0 bridgehead atoms. The summed E-state index contributed by atoms with van der Waals surface area (Å²) in [4.78, 5) is 27.6. The molecule has 2 aromatic rings. The Labute approximate surface area is 154 Å². The monoisotopic (exact) mass is 353 g/mol. The van der Waals surface area contributed by atoms with Crippen LogP contribution in [0.5, 0.6) is 0 Å². The summed E-state index contributed by atoms with van der Waals surface area (Å²) in [5.41, 5.74) is 1.52. The van der Waals surface area contributed by atoms with E-state index in [4.69, 9.17) is 0 Å². The lowest BCUT2D eigenvalue weighted by Crippen LogP contribution is -2.44. The van der Waals surface area contributed by atoms with Crippen molar-refractivity contribution in [1.29, 1.82) is 0 Å². The van der Waals surface area contributed by atoms with E-state index in [0.29, 0.717) is 23.4 Å². The molecule has 26 heavy (non-hydrogen) atoms. The third-order valence-corrected chi connectivity index (χ3v) is 5.98. The van der Waals surface area contributed by atoms with Gasteiger partial charge in [-0.05, 0) is 49.1 Å². The molecule has 2 unspecified atom stereocenters. The molecule has 4 rings (SSSR count). The Morgan fingerprint density at radius 3 is 2.85 bits per heavy atom. The Hall–Kier alpha value is -2.24. The predicted molar refractivity (Wildman–Crippen MR) is 102 cm³/mol. The molecule has 2 aliphatic rings. The minimum atomic E-state index is 0.235. The second kappa shape index (κ2) is 7.56. The van der Waals surface area contributed by atoms with Crippen molar-refractivity contribution in [2.24, 2.45) is 17.8 Å². The average Bonchev–Trinajstić information content (AvgIpc) is 2.63. The minimum absolute atomic E-state index is 0.235. The number of carbonyl (C=O) groups is 1. The van der Waals surface area contributed by atoms with Gasteiger partial charge in [0.1, 0.15) is 11.3 Å². The smallest absolute Gasteiger partial charge is 0.220 e. The van der Waals surface area contributed by atoms with Crippen LogP contribution in [0.1, 0.15) is 39.0 Å². The fourth-order valence-electron chi connectivity index (χ4n) is 4.00. The summed E-state index contributed by atoms with van der Waals surface area (Å²) in [6, 6.07) is 4.02. The van der Waals surface area contributed by atoms with E-state index in [0.717, 1.165) is 43.8 Å². The van der Waals surface area contributed by atoms with Gasteiger partial charge in [0.25, 0.3) is 0 Å². The van der Waals surface area contributed by atoms with Crippen LogP contribution in [0, 0.1) is 17.8 Å². The van der Waals surface area contributed by atoms with Gasteiger partial charge in [-0.2, -0.15) is 0 Å². The van der Waals surface area contributed by atoms with Crippen molar-refractivity contribution in [1.82, 2.24) is 20.3 Å². The first-order valence-corrected chi connectivity index (χ1v) is 9.78. The van der Waals surface area contributed by atoms with Crippen molar-refractivity contribution in [3.63, 3.8) is 0 Å². The molecular formula is C20H27N5O. The Bertz CT molecular complexity index is 776. The van der Waals surface area contributed by atoms with Crippen LogP contribution >= 0.6 is 0 Å². The fraction of sp³-hybridized carbons (Fsp3) is 0.600. The van der Waals surface area contributed by atoms with Gasteiger partial charge in [0.15, 0.2) is 5.65 Å². The van der Waals surface area contributed by atoms with E-state index in [1.165, 1.54) is 19.3 Å². The molecule has 6 nitrogen and oxygen atoms in total. The van der Waals surface area contributed by atoms with Crippen LogP contribution in [0.4, 0.5) is 5.82 Å². The first kappa shape index (κ1) is 17.2. The maximum atomic E-state index is 12.1. The third kappa shape index (κ3) is 3.79. The van der Waals surface area contributed by atoms with Crippen molar-refractivity contribution < 1.29 is 4.79 Å². The lowest BCUT2D eigenvalue weighted by molar-refractivity contribution is -0.122. The second-order valence-electron chi connectivity index (χ2n) is 7.85. The lowest BCUT2D eigenvalue weighted by Gasteiger charge is -2.37. The van der Waals surface area contributed by atoms with E-state index in [1.54, 1.807) is 12.4 Å². The van der Waals surface area contributed by atoms with Crippen LogP contribution in [0.3, 0.4) is 0 Å². The van der Waals surface area contributed by atoms with Gasteiger partial charge >= 0.3 is 0 Å². The van der Waals surface area contributed by atoms with Gasteiger partial charge < -0.3 is 10.2 Å². The molecule has 2 aromatic heterocycles. The van der Waals surface area contributed by atoms with E-state index >= 15 is 0 Å². The van der Waals surface area contributed by atoms with E-state index in [2.05, 4.69) is 32.1 Å². The minimum Gasteiger partial charge on any atom is -0.356 e. The van der Waals surface area contributed by atoms with Crippen LogP contribution in [-0.2, 0) is 4.79 Å². The number of rotatable bonds is 5. The molecule has 0 spiro atoms. The fourth-order valence-corrected chi connectivity index (χ4v) is 4.00. The molecule has 1 aliphatic heterocycles. The van der Waals surface area contributed by atoms with Crippen LogP contribution < -0.4 is 10.2 Å². The van der Waals surface area contributed by atoms with E-state index < -0.39 is 0 Å². The molecule has 3 heterocycles. The Balaban J connectivity index is 1.31. The highest BCUT2D eigenvalue weighted by molar-refractivity contribution is 5.76. The zero-order valence-electron chi connectivity index (χ0n) is 15.4. The number of nitrogens with zero attached hydrogens (tertiary/aromatic N) is 4. The molecule has 1 saturated heterocycles. The van der Waals surface area contributed by atoms with Gasteiger partial charge in [-0.15, -0.1) is 0 Å². The van der Waals surface area contributed by atoms with Crippen molar-refractivity contribution in [3.05, 3.63) is 24.5 Å². The summed E-state index contributed by atoms with van der Waals surface area (Å²) in [5, 5.41) is 3.17. The topological polar surface area (TPSA) is 71.0 Å². The quantitative estimate of drug-likeness (QED) is 0.895. The number of anilines is 1. The van der Waals surface area contributed by atoms with Gasteiger partial charge in [0, 0.05) is 38.4 Å². The number of aromatic nitrogens is 3. The standard InChI is InChI=1S/C20H27N5O/c1-14-13-25(18-6-5-17-20(24-18)22-9-8-21-17)10-7-16(14)12-23-19(26)11-15-3-2-4-15/h5-6,8-9,14-16H,2-4,7,10-13H2,1H3,(H,23,26). The molecular weight excluding hydrogens is 326 g/mol. The van der Waals surface area contributed by atoms with Crippen LogP contribution in [0.15, 0.2) is 24.5 Å². The van der Waals surface area contributed by atoms with Gasteiger partial charge in [0.05, 0.1) is 0 Å². The van der Waals surface area contributed by atoms with Crippen molar-refractivity contribution in [3.8, 4) is 0 Å². The average molecular weight is 353 g/mol. The van der Waals surface area contributed by atoms with Gasteiger partial charge in [-0.3, -0.25) is 9.78 Å². The maximum Gasteiger partial charge on any atom is 0.220 e. The highest BCUT2D eigenvalue weighted by Gasteiger charge is 2.28. The molecule has 2 atom stereocenters. The Morgan fingerprint density at radius 2 is 2.08 bits per heavy atom. The number of hydrogen-bond acceptors (Lipinski definition) is 5. The SMILES string of the molecule is CC1CN(c2ccc3nccnc3n2)CCC1CNC(=O)CC1CCC1. The van der Waals surface area contributed by atoms with E-state index in [9.17, 15) is 4.79 Å². The van der Waals surface area contributed by atoms with Crippen LogP contribution in [0.2, 0.25) is 0 Å². The molecule has 1 aliphatic carbocycles. The molecule has 0 aromatic carbocycles. The molecule has 138 valence electrons. The number of fused-ring (bicyclic) bond motifs is 1. The van der Waals surface area contributed by atoms with Crippen molar-refractivity contribution in [2.45, 2.75) is 39.0 Å². The molecule has 2 fully saturated rings. The van der Waals surface area contributed by atoms with Gasteiger partial charge in [0.2, 0.25) is 5.91 Å². The van der Waals surface area contributed by atoms with Crippen LogP contribution in [-0.4, -0.2) is 40.5 Å². The van der Waals surface area contributed by atoms with Crippen LogP contribution in [0.25, 0.3) is 11.2 Å². The molecule has 1 amide bonds. The molecule has 1 saturated carbocycles.